The number of nitrogens with one attached hydrogen (secondary N) is 1. The number of carbonyl (C=O) groups excluding carboxylic acids is 1. The molecule has 0 aromatic heterocycles. The number of amides is 1. The van der Waals surface area contributed by atoms with Gasteiger partial charge in [0, 0.05) is 26.2 Å². The van der Waals surface area contributed by atoms with Crippen LogP contribution in [0, 0.1) is 0 Å². The molecule has 0 bridgehead atoms. The quantitative estimate of drug-likeness (QED) is 0.888. The van der Waals surface area contributed by atoms with Crippen molar-refractivity contribution >= 4 is 5.91 Å². The lowest BCUT2D eigenvalue weighted by molar-refractivity contribution is -0.131. The summed E-state index contributed by atoms with van der Waals surface area (Å²) in [5.41, 5.74) is 1.91. The number of hydrogen-bond donors (Lipinski definition) is 1. The molecule has 20 heavy (non-hydrogen) atoms. The Balaban J connectivity index is 1.96. The zero-order valence-corrected chi connectivity index (χ0v) is 11.1. The van der Waals surface area contributed by atoms with Crippen LogP contribution in [-0.2, 0) is 22.6 Å². The highest BCUT2D eigenvalue weighted by Crippen LogP contribution is 2.13. The standard InChI is InChI=1S/C14H18F2N2O2/c15-13(16)14(19)17-9-11-3-1-2-4-12(11)10-18-5-7-20-8-6-18/h1-4,13H,5-10H2,(H,17,19). The summed E-state index contributed by atoms with van der Waals surface area (Å²) in [6.07, 6.45) is -2.97. The van der Waals surface area contributed by atoms with Crippen molar-refractivity contribution in [3.05, 3.63) is 35.4 Å². The summed E-state index contributed by atoms with van der Waals surface area (Å²) >= 11 is 0. The Hall–Kier alpha value is -1.53. The second-order valence-electron chi connectivity index (χ2n) is 4.68. The van der Waals surface area contributed by atoms with Crippen LogP contribution in [-0.4, -0.2) is 43.5 Å². The van der Waals surface area contributed by atoms with Crippen molar-refractivity contribution < 1.29 is 18.3 Å². The van der Waals surface area contributed by atoms with Crippen LogP contribution in [0.5, 0.6) is 0 Å². The van der Waals surface area contributed by atoms with E-state index in [0.717, 1.165) is 30.8 Å². The van der Waals surface area contributed by atoms with E-state index < -0.39 is 12.3 Å². The Morgan fingerprint density at radius 1 is 1.25 bits per heavy atom. The summed E-state index contributed by atoms with van der Waals surface area (Å²) in [4.78, 5) is 13.2. The molecule has 1 saturated heterocycles. The first-order valence-corrected chi connectivity index (χ1v) is 6.59. The van der Waals surface area contributed by atoms with Crippen LogP contribution in [0.2, 0.25) is 0 Å². The highest BCUT2D eigenvalue weighted by molar-refractivity contribution is 5.79. The van der Waals surface area contributed by atoms with Gasteiger partial charge in [0.25, 0.3) is 5.91 Å². The Morgan fingerprint density at radius 2 is 1.90 bits per heavy atom. The molecule has 0 radical (unpaired) electrons. The van der Waals surface area contributed by atoms with Crippen molar-refractivity contribution in [3.63, 3.8) is 0 Å². The van der Waals surface area contributed by atoms with E-state index in [2.05, 4.69) is 10.2 Å². The number of carbonyl (C=O) groups is 1. The SMILES string of the molecule is O=C(NCc1ccccc1CN1CCOCC1)C(F)F. The van der Waals surface area contributed by atoms with E-state index in [1.54, 1.807) is 0 Å². The van der Waals surface area contributed by atoms with Crippen molar-refractivity contribution in [1.29, 1.82) is 0 Å². The number of benzene rings is 1. The average molecular weight is 284 g/mol. The van der Waals surface area contributed by atoms with Gasteiger partial charge in [-0.25, -0.2) is 0 Å². The molecule has 0 saturated carbocycles. The van der Waals surface area contributed by atoms with Gasteiger partial charge in [0.1, 0.15) is 0 Å². The van der Waals surface area contributed by atoms with E-state index in [1.165, 1.54) is 0 Å². The first kappa shape index (κ1) is 14.9. The fourth-order valence-electron chi connectivity index (χ4n) is 2.14. The highest BCUT2D eigenvalue weighted by Gasteiger charge is 2.16. The predicted molar refractivity (Wildman–Crippen MR) is 70.4 cm³/mol. The van der Waals surface area contributed by atoms with Gasteiger partial charge in [0.05, 0.1) is 13.2 Å². The zero-order valence-electron chi connectivity index (χ0n) is 11.1. The Morgan fingerprint density at radius 3 is 2.55 bits per heavy atom. The maximum Gasteiger partial charge on any atom is 0.315 e. The molecular weight excluding hydrogens is 266 g/mol. The van der Waals surface area contributed by atoms with Crippen molar-refractivity contribution in [1.82, 2.24) is 10.2 Å². The summed E-state index contributed by atoms with van der Waals surface area (Å²) in [5, 5.41) is 2.24. The van der Waals surface area contributed by atoms with Crippen molar-refractivity contribution in [2.24, 2.45) is 0 Å². The van der Waals surface area contributed by atoms with E-state index in [9.17, 15) is 13.6 Å². The first-order valence-electron chi connectivity index (χ1n) is 6.59. The van der Waals surface area contributed by atoms with Gasteiger partial charge in [-0.2, -0.15) is 8.78 Å². The van der Waals surface area contributed by atoms with Gasteiger partial charge in [-0.3, -0.25) is 9.69 Å². The molecule has 1 N–H and O–H groups in total. The maximum atomic E-state index is 12.2. The lowest BCUT2D eigenvalue weighted by Crippen LogP contribution is -2.36. The maximum absolute atomic E-state index is 12.2. The van der Waals surface area contributed by atoms with Crippen LogP contribution in [0.1, 0.15) is 11.1 Å². The molecule has 1 fully saturated rings. The van der Waals surface area contributed by atoms with Crippen molar-refractivity contribution in [2.75, 3.05) is 26.3 Å². The van der Waals surface area contributed by atoms with Gasteiger partial charge in [0.2, 0.25) is 0 Å². The number of halogens is 2. The minimum absolute atomic E-state index is 0.129. The fourth-order valence-corrected chi connectivity index (χ4v) is 2.14. The Kier molecular flexibility index (Phi) is 5.43. The third-order valence-electron chi connectivity index (χ3n) is 3.27. The largest absolute Gasteiger partial charge is 0.379 e. The van der Waals surface area contributed by atoms with Crippen LogP contribution in [0.4, 0.5) is 8.78 Å². The predicted octanol–water partition coefficient (Wildman–Crippen LogP) is 1.40. The summed E-state index contributed by atoms with van der Waals surface area (Å²) in [7, 11) is 0. The monoisotopic (exact) mass is 284 g/mol. The molecule has 1 aliphatic heterocycles. The molecule has 1 aromatic rings. The lowest BCUT2D eigenvalue weighted by Gasteiger charge is -2.27. The van der Waals surface area contributed by atoms with E-state index in [0.29, 0.717) is 13.2 Å². The molecule has 0 unspecified atom stereocenters. The van der Waals surface area contributed by atoms with E-state index in [-0.39, 0.29) is 6.54 Å². The van der Waals surface area contributed by atoms with Gasteiger partial charge in [-0.05, 0) is 11.1 Å². The van der Waals surface area contributed by atoms with E-state index in [4.69, 9.17) is 4.74 Å². The molecule has 1 aliphatic rings. The van der Waals surface area contributed by atoms with Crippen LogP contribution >= 0.6 is 0 Å². The number of hydrogen-bond acceptors (Lipinski definition) is 3. The molecule has 1 heterocycles. The van der Waals surface area contributed by atoms with Gasteiger partial charge in [-0.1, -0.05) is 24.3 Å². The number of nitrogens with zero attached hydrogens (tertiary/aromatic N) is 1. The third-order valence-corrected chi connectivity index (χ3v) is 3.27. The molecule has 6 heteroatoms. The first-order chi connectivity index (χ1) is 9.66. The summed E-state index contributed by atoms with van der Waals surface area (Å²) < 4.78 is 29.6. The number of ether oxygens (including phenoxy) is 1. The van der Waals surface area contributed by atoms with E-state index in [1.807, 2.05) is 24.3 Å². The van der Waals surface area contributed by atoms with Gasteiger partial charge < -0.3 is 10.1 Å². The van der Waals surface area contributed by atoms with Crippen LogP contribution in [0.25, 0.3) is 0 Å². The molecule has 1 amide bonds. The van der Waals surface area contributed by atoms with Crippen LogP contribution in [0.3, 0.4) is 0 Å². The minimum Gasteiger partial charge on any atom is -0.379 e. The summed E-state index contributed by atoms with van der Waals surface area (Å²) in [5.74, 6) is -1.23. The summed E-state index contributed by atoms with van der Waals surface area (Å²) in [6, 6.07) is 7.56. The topological polar surface area (TPSA) is 41.6 Å². The Bertz CT molecular complexity index is 449. The molecule has 4 nitrogen and oxygen atoms in total. The van der Waals surface area contributed by atoms with Gasteiger partial charge in [0.15, 0.2) is 0 Å². The van der Waals surface area contributed by atoms with Gasteiger partial charge >= 0.3 is 6.43 Å². The molecule has 0 aliphatic carbocycles. The third kappa shape index (κ3) is 4.25. The fraction of sp³-hybridized carbons (Fsp3) is 0.500. The molecule has 2 rings (SSSR count). The molecule has 0 atom stereocenters. The van der Waals surface area contributed by atoms with Crippen LogP contribution in [0.15, 0.2) is 24.3 Å². The van der Waals surface area contributed by atoms with Gasteiger partial charge in [-0.15, -0.1) is 0 Å². The average Bonchev–Trinajstić information content (AvgIpc) is 2.47. The number of rotatable bonds is 5. The molecular formula is C14H18F2N2O2. The molecule has 1 aromatic carbocycles. The van der Waals surface area contributed by atoms with Crippen molar-refractivity contribution in [2.45, 2.75) is 19.5 Å². The lowest BCUT2D eigenvalue weighted by atomic mass is 10.1. The zero-order chi connectivity index (χ0) is 14.4. The number of morpholine rings is 1. The van der Waals surface area contributed by atoms with Crippen molar-refractivity contribution in [3.8, 4) is 0 Å². The molecule has 0 spiro atoms. The van der Waals surface area contributed by atoms with Crippen LogP contribution < -0.4 is 5.32 Å². The summed E-state index contributed by atoms with van der Waals surface area (Å²) in [6.45, 7) is 4.01. The second-order valence-corrected chi connectivity index (χ2v) is 4.68. The number of alkyl halides is 2. The second kappa shape index (κ2) is 7.31. The smallest absolute Gasteiger partial charge is 0.315 e. The minimum atomic E-state index is -2.97. The normalized spacial score (nSPS) is 16.4. The Labute approximate surface area is 116 Å². The molecule has 110 valence electrons. The highest BCUT2D eigenvalue weighted by atomic mass is 19.3. The van der Waals surface area contributed by atoms with E-state index >= 15 is 0 Å².